The molecule has 1 aliphatic heterocycles. The minimum absolute atomic E-state index is 0.0271. The highest BCUT2D eigenvalue weighted by atomic mass is 16.6. The van der Waals surface area contributed by atoms with Gasteiger partial charge >= 0.3 is 5.82 Å². The average molecular weight is 281 g/mol. The highest BCUT2D eigenvalue weighted by molar-refractivity contribution is 5.55. The number of hydrogen-bond acceptors (Lipinski definition) is 5. The van der Waals surface area contributed by atoms with Crippen molar-refractivity contribution >= 4 is 11.6 Å². The number of hydrogen-bond donors (Lipinski definition) is 1. The summed E-state index contributed by atoms with van der Waals surface area (Å²) in [4.78, 5) is 17.0. The molecule has 20 heavy (non-hydrogen) atoms. The first-order valence-electron chi connectivity index (χ1n) is 7.18. The first kappa shape index (κ1) is 14.8. The van der Waals surface area contributed by atoms with Crippen LogP contribution in [-0.4, -0.2) is 40.7 Å². The van der Waals surface area contributed by atoms with E-state index in [9.17, 15) is 10.1 Å². The number of anilines is 1. The van der Waals surface area contributed by atoms with Crippen molar-refractivity contribution in [3.05, 3.63) is 15.9 Å². The molecule has 2 heterocycles. The molecule has 1 fully saturated rings. The van der Waals surface area contributed by atoms with Crippen molar-refractivity contribution in [1.29, 1.82) is 0 Å². The van der Waals surface area contributed by atoms with Gasteiger partial charge in [-0.2, -0.15) is 0 Å². The van der Waals surface area contributed by atoms with E-state index in [0.717, 1.165) is 39.0 Å². The fourth-order valence-corrected chi connectivity index (χ4v) is 2.80. The second kappa shape index (κ2) is 6.21. The molecule has 0 unspecified atom stereocenters. The second-order valence-electron chi connectivity index (χ2n) is 5.35. The van der Waals surface area contributed by atoms with Gasteiger partial charge in [-0.15, -0.1) is 0 Å². The standard InChI is InChI=1S/C13H23N5O2/c1-4-17(9-11-5-7-14-8-6-11)13-12(18(19)20)15-10(2)16(13)3/h11,14H,4-9H2,1-3H3. The maximum Gasteiger partial charge on any atom is 0.406 e. The van der Waals surface area contributed by atoms with Crippen LogP contribution in [0.15, 0.2) is 0 Å². The van der Waals surface area contributed by atoms with Gasteiger partial charge in [0, 0.05) is 27.1 Å². The van der Waals surface area contributed by atoms with E-state index in [2.05, 4.69) is 15.2 Å². The molecule has 7 heteroatoms. The molecule has 7 nitrogen and oxygen atoms in total. The molecule has 1 aliphatic rings. The molecule has 1 saturated heterocycles. The van der Waals surface area contributed by atoms with E-state index in [1.54, 1.807) is 6.92 Å². The Hall–Kier alpha value is -1.63. The van der Waals surface area contributed by atoms with E-state index in [1.165, 1.54) is 0 Å². The van der Waals surface area contributed by atoms with Crippen LogP contribution < -0.4 is 10.2 Å². The van der Waals surface area contributed by atoms with Gasteiger partial charge in [-0.1, -0.05) is 0 Å². The molecular weight excluding hydrogens is 258 g/mol. The van der Waals surface area contributed by atoms with Crippen molar-refractivity contribution in [3.63, 3.8) is 0 Å². The average Bonchev–Trinajstić information content (AvgIpc) is 2.74. The first-order valence-corrected chi connectivity index (χ1v) is 7.18. The first-order chi connectivity index (χ1) is 9.54. The predicted octanol–water partition coefficient (Wildman–Crippen LogP) is 1.46. The molecule has 1 aromatic rings. The fraction of sp³-hybridized carbons (Fsp3) is 0.769. The largest absolute Gasteiger partial charge is 0.406 e. The highest BCUT2D eigenvalue weighted by Crippen LogP contribution is 2.29. The van der Waals surface area contributed by atoms with Crippen LogP contribution in [0.3, 0.4) is 0 Å². The molecule has 1 N–H and O–H groups in total. The lowest BCUT2D eigenvalue weighted by Crippen LogP contribution is -2.37. The van der Waals surface area contributed by atoms with Gasteiger partial charge in [0.25, 0.3) is 0 Å². The summed E-state index contributed by atoms with van der Waals surface area (Å²) >= 11 is 0. The monoisotopic (exact) mass is 281 g/mol. The third kappa shape index (κ3) is 2.92. The molecule has 2 rings (SSSR count). The Morgan fingerprint density at radius 1 is 1.50 bits per heavy atom. The Morgan fingerprint density at radius 3 is 2.70 bits per heavy atom. The number of nitrogens with one attached hydrogen (secondary N) is 1. The lowest BCUT2D eigenvalue weighted by Gasteiger charge is -2.30. The van der Waals surface area contributed by atoms with Gasteiger partial charge in [0.2, 0.25) is 11.6 Å². The lowest BCUT2D eigenvalue weighted by molar-refractivity contribution is -0.388. The number of rotatable bonds is 5. The number of imidazole rings is 1. The zero-order chi connectivity index (χ0) is 14.7. The summed E-state index contributed by atoms with van der Waals surface area (Å²) in [5, 5.41) is 14.5. The van der Waals surface area contributed by atoms with E-state index >= 15 is 0 Å². The van der Waals surface area contributed by atoms with Gasteiger partial charge < -0.3 is 20.3 Å². The molecule has 0 bridgehead atoms. The Kier molecular flexibility index (Phi) is 4.59. The fourth-order valence-electron chi connectivity index (χ4n) is 2.80. The number of nitrogens with zero attached hydrogens (tertiary/aromatic N) is 4. The number of nitro groups is 1. The summed E-state index contributed by atoms with van der Waals surface area (Å²) < 4.78 is 1.82. The van der Waals surface area contributed by atoms with Crippen LogP contribution in [0, 0.1) is 23.0 Å². The van der Waals surface area contributed by atoms with Crippen molar-refractivity contribution < 1.29 is 4.92 Å². The third-order valence-corrected chi connectivity index (χ3v) is 4.06. The van der Waals surface area contributed by atoms with Gasteiger partial charge in [0.05, 0.1) is 0 Å². The molecule has 1 aromatic heterocycles. The number of piperidine rings is 1. The maximum atomic E-state index is 11.2. The van der Waals surface area contributed by atoms with E-state index < -0.39 is 0 Å². The Bertz CT molecular complexity index is 479. The Balaban J connectivity index is 2.24. The Labute approximate surface area is 119 Å². The van der Waals surface area contributed by atoms with Crippen molar-refractivity contribution in [2.24, 2.45) is 13.0 Å². The molecule has 0 atom stereocenters. The quantitative estimate of drug-likeness (QED) is 0.653. The van der Waals surface area contributed by atoms with Crippen LogP contribution in [0.25, 0.3) is 0 Å². The molecule has 0 saturated carbocycles. The molecule has 0 spiro atoms. The summed E-state index contributed by atoms with van der Waals surface area (Å²) in [6.45, 7) is 7.52. The van der Waals surface area contributed by atoms with Gasteiger partial charge in [-0.05, 0) is 48.7 Å². The number of aromatic nitrogens is 2. The summed E-state index contributed by atoms with van der Waals surface area (Å²) in [7, 11) is 1.84. The van der Waals surface area contributed by atoms with Crippen LogP contribution in [0.4, 0.5) is 11.6 Å². The van der Waals surface area contributed by atoms with Gasteiger partial charge in [-0.3, -0.25) is 4.57 Å². The highest BCUT2D eigenvalue weighted by Gasteiger charge is 2.29. The van der Waals surface area contributed by atoms with E-state index in [4.69, 9.17) is 0 Å². The molecular formula is C13H23N5O2. The van der Waals surface area contributed by atoms with Gasteiger partial charge in [0.15, 0.2) is 0 Å². The van der Waals surface area contributed by atoms with Crippen molar-refractivity contribution in [3.8, 4) is 0 Å². The molecule has 0 radical (unpaired) electrons. The molecule has 112 valence electrons. The summed E-state index contributed by atoms with van der Waals surface area (Å²) in [5.74, 6) is 1.87. The van der Waals surface area contributed by atoms with Crippen LogP contribution in [0.1, 0.15) is 25.6 Å². The van der Waals surface area contributed by atoms with E-state index in [0.29, 0.717) is 17.6 Å². The lowest BCUT2D eigenvalue weighted by atomic mass is 9.97. The zero-order valence-electron chi connectivity index (χ0n) is 12.4. The molecule has 0 amide bonds. The van der Waals surface area contributed by atoms with Crippen LogP contribution in [0.5, 0.6) is 0 Å². The van der Waals surface area contributed by atoms with Crippen LogP contribution in [-0.2, 0) is 7.05 Å². The second-order valence-corrected chi connectivity index (χ2v) is 5.35. The maximum absolute atomic E-state index is 11.2. The zero-order valence-corrected chi connectivity index (χ0v) is 12.4. The number of aryl methyl sites for hydroxylation is 1. The SMILES string of the molecule is CCN(CC1CCNCC1)c1c([N+](=O)[O-])nc(C)n1C. The Morgan fingerprint density at radius 2 is 2.15 bits per heavy atom. The van der Waals surface area contributed by atoms with Gasteiger partial charge in [0.1, 0.15) is 0 Å². The normalized spacial score (nSPS) is 16.4. The van der Waals surface area contributed by atoms with Crippen molar-refractivity contribution in [2.75, 3.05) is 31.1 Å². The van der Waals surface area contributed by atoms with Gasteiger partial charge in [-0.25, -0.2) is 0 Å². The molecule has 0 aromatic carbocycles. The van der Waals surface area contributed by atoms with E-state index in [-0.39, 0.29) is 10.7 Å². The van der Waals surface area contributed by atoms with Crippen LogP contribution >= 0.6 is 0 Å². The summed E-state index contributed by atoms with van der Waals surface area (Å²) in [5.41, 5.74) is 0. The van der Waals surface area contributed by atoms with E-state index in [1.807, 2.05) is 18.5 Å². The third-order valence-electron chi connectivity index (χ3n) is 4.06. The predicted molar refractivity (Wildman–Crippen MR) is 78.1 cm³/mol. The molecule has 0 aliphatic carbocycles. The van der Waals surface area contributed by atoms with Crippen LogP contribution in [0.2, 0.25) is 0 Å². The summed E-state index contributed by atoms with van der Waals surface area (Å²) in [6, 6.07) is 0. The van der Waals surface area contributed by atoms with Crippen molar-refractivity contribution in [1.82, 2.24) is 14.9 Å². The summed E-state index contributed by atoms with van der Waals surface area (Å²) in [6.07, 6.45) is 2.25. The minimum atomic E-state index is -0.382. The smallest absolute Gasteiger partial charge is 0.358 e. The van der Waals surface area contributed by atoms with Crippen molar-refractivity contribution in [2.45, 2.75) is 26.7 Å². The topological polar surface area (TPSA) is 76.2 Å². The minimum Gasteiger partial charge on any atom is -0.358 e.